The number of alkyl halides is 3. The Kier molecular flexibility index (Phi) is 4.82. The summed E-state index contributed by atoms with van der Waals surface area (Å²) in [6.45, 7) is 3.48. The molecule has 0 amide bonds. The molecule has 0 saturated carbocycles. The lowest BCUT2D eigenvalue weighted by Crippen LogP contribution is -2.38. The van der Waals surface area contributed by atoms with Crippen LogP contribution >= 0.6 is 0 Å². The fourth-order valence-corrected chi connectivity index (χ4v) is 5.27. The van der Waals surface area contributed by atoms with E-state index >= 15 is 0 Å². The Balaban J connectivity index is 1.60. The summed E-state index contributed by atoms with van der Waals surface area (Å²) >= 11 is 0. The number of aromatic nitrogens is 2. The van der Waals surface area contributed by atoms with Gasteiger partial charge in [-0.2, -0.15) is 13.2 Å². The van der Waals surface area contributed by atoms with Crippen molar-refractivity contribution in [2.75, 3.05) is 31.1 Å². The lowest BCUT2D eigenvalue weighted by Gasteiger charge is -2.29. The molecule has 1 N–H and O–H groups in total. The van der Waals surface area contributed by atoms with E-state index in [0.717, 1.165) is 69.0 Å². The molecule has 2 aliphatic rings. The van der Waals surface area contributed by atoms with E-state index in [4.69, 9.17) is 0 Å². The maximum atomic E-state index is 13.1. The van der Waals surface area contributed by atoms with Crippen LogP contribution in [-0.2, 0) is 17.2 Å². The first kappa shape index (κ1) is 19.6. The Labute approximate surface area is 174 Å². The zero-order valence-electron chi connectivity index (χ0n) is 16.2. The molecule has 0 bridgehead atoms. The van der Waals surface area contributed by atoms with Gasteiger partial charge in [-0.05, 0) is 49.6 Å². The van der Waals surface area contributed by atoms with E-state index < -0.39 is 22.7 Å². The third-order valence-corrected chi connectivity index (χ3v) is 7.24. The van der Waals surface area contributed by atoms with Gasteiger partial charge in [0.1, 0.15) is 11.0 Å². The number of rotatable bonds is 4. The van der Waals surface area contributed by atoms with Gasteiger partial charge in [0.05, 0.1) is 27.2 Å². The molecule has 2 aromatic heterocycles. The van der Waals surface area contributed by atoms with Crippen LogP contribution in [0.3, 0.4) is 0 Å². The lowest BCUT2D eigenvalue weighted by atomic mass is 10.1. The summed E-state index contributed by atoms with van der Waals surface area (Å²) in [5, 5.41) is 0. The SMILES string of the molecule is O=S(c1ccc(N2CCCC2)c(-c2cc3ncc(C(F)(F)F)cc3[nH]2)c1)N1CCC1. The molecule has 158 valence electrons. The lowest BCUT2D eigenvalue weighted by molar-refractivity contribution is -0.137. The van der Waals surface area contributed by atoms with Gasteiger partial charge in [-0.15, -0.1) is 0 Å². The molecule has 4 heterocycles. The monoisotopic (exact) mass is 434 g/mol. The number of nitrogens with one attached hydrogen (secondary N) is 1. The van der Waals surface area contributed by atoms with Gasteiger partial charge in [0, 0.05) is 43.6 Å². The number of aromatic amines is 1. The zero-order valence-corrected chi connectivity index (χ0v) is 17.0. The Morgan fingerprint density at radius 3 is 2.43 bits per heavy atom. The number of pyridine rings is 1. The first-order valence-electron chi connectivity index (χ1n) is 10.0. The predicted octanol–water partition coefficient (Wildman–Crippen LogP) is 4.58. The molecule has 30 heavy (non-hydrogen) atoms. The minimum Gasteiger partial charge on any atom is -0.371 e. The van der Waals surface area contributed by atoms with Crippen LogP contribution in [0, 0.1) is 0 Å². The highest BCUT2D eigenvalue weighted by molar-refractivity contribution is 7.82. The van der Waals surface area contributed by atoms with Crippen LogP contribution in [-0.4, -0.2) is 44.7 Å². The van der Waals surface area contributed by atoms with Gasteiger partial charge < -0.3 is 9.88 Å². The van der Waals surface area contributed by atoms with Gasteiger partial charge in [-0.25, -0.2) is 8.51 Å². The standard InChI is InChI=1S/C21H21F3N4OS/c22-21(23,24)14-10-19-18(25-13-14)12-17(26-19)16-11-15(30(29)28-8-3-9-28)4-5-20(16)27-6-1-2-7-27/h4-5,10-13,26H,1-3,6-9H2. The zero-order chi connectivity index (χ0) is 20.9. The maximum Gasteiger partial charge on any atom is 0.417 e. The summed E-state index contributed by atoms with van der Waals surface area (Å²) < 4.78 is 54.0. The van der Waals surface area contributed by atoms with Crippen molar-refractivity contribution in [1.82, 2.24) is 14.3 Å². The van der Waals surface area contributed by atoms with Crippen LogP contribution in [0.4, 0.5) is 18.9 Å². The van der Waals surface area contributed by atoms with E-state index in [9.17, 15) is 17.4 Å². The van der Waals surface area contributed by atoms with E-state index in [-0.39, 0.29) is 0 Å². The highest BCUT2D eigenvalue weighted by atomic mass is 32.2. The van der Waals surface area contributed by atoms with Gasteiger partial charge in [0.2, 0.25) is 0 Å². The second-order valence-corrected chi connectivity index (χ2v) is 9.23. The van der Waals surface area contributed by atoms with Crippen molar-refractivity contribution in [2.24, 2.45) is 0 Å². The van der Waals surface area contributed by atoms with Crippen molar-refractivity contribution >= 4 is 27.7 Å². The molecule has 5 nitrogen and oxygen atoms in total. The van der Waals surface area contributed by atoms with Crippen LogP contribution in [0.15, 0.2) is 41.4 Å². The summed E-state index contributed by atoms with van der Waals surface area (Å²) in [7, 11) is -1.23. The molecule has 0 aliphatic carbocycles. The van der Waals surface area contributed by atoms with Crippen LogP contribution < -0.4 is 4.90 Å². The number of H-pyrrole nitrogens is 1. The highest BCUT2D eigenvalue weighted by Gasteiger charge is 2.31. The van der Waals surface area contributed by atoms with Crippen molar-refractivity contribution in [3.63, 3.8) is 0 Å². The maximum absolute atomic E-state index is 13.1. The number of anilines is 1. The van der Waals surface area contributed by atoms with Crippen LogP contribution in [0.25, 0.3) is 22.3 Å². The molecule has 0 spiro atoms. The van der Waals surface area contributed by atoms with E-state index in [1.54, 1.807) is 6.07 Å². The third-order valence-electron chi connectivity index (χ3n) is 5.75. The molecule has 1 atom stereocenters. The molecular formula is C21H21F3N4OS. The quantitative estimate of drug-likeness (QED) is 0.654. The normalized spacial score (nSPS) is 18.7. The van der Waals surface area contributed by atoms with Crippen molar-refractivity contribution in [1.29, 1.82) is 0 Å². The molecule has 3 aromatic rings. The number of fused-ring (bicyclic) bond motifs is 1. The minimum absolute atomic E-state index is 0.335. The van der Waals surface area contributed by atoms with E-state index in [2.05, 4.69) is 14.9 Å². The third kappa shape index (κ3) is 3.50. The van der Waals surface area contributed by atoms with Gasteiger partial charge in [0.25, 0.3) is 0 Å². The average Bonchev–Trinajstić information content (AvgIpc) is 3.34. The predicted molar refractivity (Wildman–Crippen MR) is 111 cm³/mol. The number of hydrogen-bond acceptors (Lipinski definition) is 3. The molecule has 2 aliphatic heterocycles. The first-order valence-corrected chi connectivity index (χ1v) is 11.1. The highest BCUT2D eigenvalue weighted by Crippen LogP contribution is 2.37. The topological polar surface area (TPSA) is 52.2 Å². The second-order valence-electron chi connectivity index (χ2n) is 7.74. The molecule has 9 heteroatoms. The molecule has 2 fully saturated rings. The van der Waals surface area contributed by atoms with Crippen molar-refractivity contribution < 1.29 is 17.4 Å². The second kappa shape index (κ2) is 7.39. The van der Waals surface area contributed by atoms with Gasteiger partial charge in [0.15, 0.2) is 0 Å². The Bertz CT molecular complexity index is 1120. The molecule has 0 radical (unpaired) electrons. The average molecular weight is 434 g/mol. The largest absolute Gasteiger partial charge is 0.417 e. The number of benzene rings is 1. The fourth-order valence-electron chi connectivity index (χ4n) is 3.98. The number of hydrogen-bond donors (Lipinski definition) is 1. The Hall–Kier alpha value is -2.39. The van der Waals surface area contributed by atoms with Crippen LogP contribution in [0.2, 0.25) is 0 Å². The summed E-state index contributed by atoms with van der Waals surface area (Å²) in [4.78, 5) is 10.1. The van der Waals surface area contributed by atoms with E-state index in [1.165, 1.54) is 0 Å². The van der Waals surface area contributed by atoms with Gasteiger partial charge in [-0.3, -0.25) is 4.98 Å². The van der Waals surface area contributed by atoms with E-state index in [1.807, 2.05) is 22.5 Å². The number of nitrogens with zero attached hydrogens (tertiary/aromatic N) is 3. The molecule has 2 saturated heterocycles. The van der Waals surface area contributed by atoms with Crippen LogP contribution in [0.1, 0.15) is 24.8 Å². The summed E-state index contributed by atoms with van der Waals surface area (Å²) in [6, 6.07) is 8.63. The summed E-state index contributed by atoms with van der Waals surface area (Å²) in [5.41, 5.74) is 2.55. The van der Waals surface area contributed by atoms with Crippen molar-refractivity contribution in [2.45, 2.75) is 30.3 Å². The van der Waals surface area contributed by atoms with E-state index in [0.29, 0.717) is 21.6 Å². The fraction of sp³-hybridized carbons (Fsp3) is 0.381. The molecule has 5 rings (SSSR count). The summed E-state index contributed by atoms with van der Waals surface area (Å²) in [6.07, 6.45) is -0.341. The smallest absolute Gasteiger partial charge is 0.371 e. The van der Waals surface area contributed by atoms with Crippen LogP contribution in [0.5, 0.6) is 0 Å². The number of halogens is 3. The van der Waals surface area contributed by atoms with Crippen molar-refractivity contribution in [3.05, 3.63) is 42.1 Å². The van der Waals surface area contributed by atoms with Gasteiger partial charge >= 0.3 is 6.18 Å². The minimum atomic E-state index is -4.44. The Morgan fingerprint density at radius 2 is 1.77 bits per heavy atom. The van der Waals surface area contributed by atoms with Crippen molar-refractivity contribution in [3.8, 4) is 11.3 Å². The first-order chi connectivity index (χ1) is 14.4. The molecular weight excluding hydrogens is 413 g/mol. The molecule has 1 unspecified atom stereocenters. The summed E-state index contributed by atoms with van der Waals surface area (Å²) in [5.74, 6) is 0. The Morgan fingerprint density at radius 1 is 1.00 bits per heavy atom. The van der Waals surface area contributed by atoms with Gasteiger partial charge in [-0.1, -0.05) is 0 Å². The molecule has 1 aromatic carbocycles.